The number of pyridine rings is 1. The van der Waals surface area contributed by atoms with Gasteiger partial charge in [0.05, 0.1) is 0 Å². The molecule has 4 nitrogen and oxygen atoms in total. The lowest BCUT2D eigenvalue weighted by atomic mass is 9.87. The van der Waals surface area contributed by atoms with Crippen molar-refractivity contribution >= 4 is 16.8 Å². The summed E-state index contributed by atoms with van der Waals surface area (Å²) in [5.74, 6) is 0.557. The number of carbonyl (C=O) groups excluding carboxylic acids is 1. The largest absolute Gasteiger partial charge is 0.338 e. The molecule has 0 bridgehead atoms. The van der Waals surface area contributed by atoms with E-state index in [1.54, 1.807) is 0 Å². The van der Waals surface area contributed by atoms with Crippen LogP contribution in [0.2, 0.25) is 0 Å². The van der Waals surface area contributed by atoms with Crippen LogP contribution in [0.1, 0.15) is 48.8 Å². The van der Waals surface area contributed by atoms with Crippen molar-refractivity contribution in [2.45, 2.75) is 52.0 Å². The van der Waals surface area contributed by atoms with Crippen LogP contribution in [0.4, 0.5) is 0 Å². The third-order valence-electron chi connectivity index (χ3n) is 5.63. The molecule has 1 aromatic heterocycles. The first kappa shape index (κ1) is 15.4. The number of amides is 1. The number of carbonyl (C=O) groups is 1. The number of H-pyrrole nitrogens is 1. The Hall–Kier alpha value is -2.10. The quantitative estimate of drug-likeness (QED) is 0.875. The van der Waals surface area contributed by atoms with Crippen LogP contribution >= 0.6 is 0 Å². The average Bonchev–Trinajstić information content (AvgIpc) is 2.61. The molecule has 1 aromatic carbocycles. The van der Waals surface area contributed by atoms with Gasteiger partial charge in [0.1, 0.15) is 0 Å². The third-order valence-corrected chi connectivity index (χ3v) is 5.63. The van der Waals surface area contributed by atoms with Gasteiger partial charge in [0, 0.05) is 30.1 Å². The summed E-state index contributed by atoms with van der Waals surface area (Å²) in [6.45, 7) is 3.33. The van der Waals surface area contributed by atoms with Gasteiger partial charge >= 0.3 is 0 Å². The Bertz CT molecular complexity index is 847. The Morgan fingerprint density at radius 2 is 1.92 bits per heavy atom. The van der Waals surface area contributed by atoms with Gasteiger partial charge in [-0.3, -0.25) is 9.59 Å². The zero-order chi connectivity index (χ0) is 16.7. The number of fused-ring (bicyclic) bond motifs is 2. The van der Waals surface area contributed by atoms with Gasteiger partial charge in [-0.05, 0) is 60.9 Å². The van der Waals surface area contributed by atoms with Crippen LogP contribution in [0.25, 0.3) is 10.9 Å². The van der Waals surface area contributed by atoms with E-state index in [1.165, 1.54) is 30.4 Å². The van der Waals surface area contributed by atoms with E-state index in [4.69, 9.17) is 0 Å². The number of aromatic amines is 1. The molecule has 126 valence electrons. The number of hydrogen-bond acceptors (Lipinski definition) is 2. The summed E-state index contributed by atoms with van der Waals surface area (Å²) in [4.78, 5) is 29.6. The van der Waals surface area contributed by atoms with Crippen molar-refractivity contribution in [2.75, 3.05) is 6.54 Å². The highest BCUT2D eigenvalue weighted by atomic mass is 16.2. The van der Waals surface area contributed by atoms with Crippen molar-refractivity contribution < 1.29 is 4.79 Å². The Balaban J connectivity index is 1.62. The number of nitrogens with zero attached hydrogens (tertiary/aromatic N) is 1. The smallest absolute Gasteiger partial charge is 0.251 e. The lowest BCUT2D eigenvalue weighted by Gasteiger charge is -2.33. The minimum atomic E-state index is -0.0339. The van der Waals surface area contributed by atoms with Crippen molar-refractivity contribution in [2.24, 2.45) is 5.92 Å². The van der Waals surface area contributed by atoms with E-state index in [0.29, 0.717) is 12.5 Å². The van der Waals surface area contributed by atoms with E-state index in [-0.39, 0.29) is 11.5 Å². The fourth-order valence-electron chi connectivity index (χ4n) is 4.17. The topological polar surface area (TPSA) is 53.2 Å². The van der Waals surface area contributed by atoms with E-state index >= 15 is 0 Å². The molecule has 1 aliphatic carbocycles. The van der Waals surface area contributed by atoms with E-state index in [9.17, 15) is 9.59 Å². The summed E-state index contributed by atoms with van der Waals surface area (Å²) >= 11 is 0. The van der Waals surface area contributed by atoms with E-state index in [0.717, 1.165) is 42.3 Å². The molecule has 0 atom stereocenters. The number of nitrogens with one attached hydrogen (secondary N) is 1. The molecule has 24 heavy (non-hydrogen) atoms. The molecule has 1 aliphatic heterocycles. The predicted octanol–water partition coefficient (Wildman–Crippen LogP) is 3.30. The van der Waals surface area contributed by atoms with Crippen LogP contribution in [-0.2, 0) is 17.8 Å². The first-order valence-corrected chi connectivity index (χ1v) is 9.06. The van der Waals surface area contributed by atoms with E-state index in [2.05, 4.69) is 17.1 Å². The molecule has 0 saturated heterocycles. The van der Waals surface area contributed by atoms with Crippen LogP contribution in [-0.4, -0.2) is 22.3 Å². The van der Waals surface area contributed by atoms with Gasteiger partial charge in [-0.1, -0.05) is 19.3 Å². The van der Waals surface area contributed by atoms with Crippen LogP contribution in [0.5, 0.6) is 0 Å². The molecule has 1 N–H and O–H groups in total. The van der Waals surface area contributed by atoms with E-state index in [1.807, 2.05) is 17.9 Å². The normalized spacial score (nSPS) is 18.6. The van der Waals surface area contributed by atoms with Crippen LogP contribution in [0.3, 0.4) is 0 Å². The number of aryl methyl sites for hydroxylation is 1. The molecule has 2 aromatic rings. The highest BCUT2D eigenvalue weighted by Gasteiger charge is 2.28. The zero-order valence-electron chi connectivity index (χ0n) is 14.2. The molecule has 1 amide bonds. The fourth-order valence-corrected chi connectivity index (χ4v) is 4.17. The number of aromatic nitrogens is 1. The van der Waals surface area contributed by atoms with Crippen molar-refractivity contribution in [3.63, 3.8) is 0 Å². The second-order valence-corrected chi connectivity index (χ2v) is 7.33. The van der Waals surface area contributed by atoms with Gasteiger partial charge in [-0.25, -0.2) is 0 Å². The molecule has 0 unspecified atom stereocenters. The summed E-state index contributed by atoms with van der Waals surface area (Å²) < 4.78 is 0. The van der Waals surface area contributed by atoms with Gasteiger partial charge in [0.15, 0.2) is 0 Å². The maximum Gasteiger partial charge on any atom is 0.251 e. The Kier molecular flexibility index (Phi) is 3.91. The Morgan fingerprint density at radius 1 is 1.12 bits per heavy atom. The maximum absolute atomic E-state index is 12.8. The van der Waals surface area contributed by atoms with Gasteiger partial charge < -0.3 is 9.88 Å². The van der Waals surface area contributed by atoms with Crippen LogP contribution in [0.15, 0.2) is 23.0 Å². The highest BCUT2D eigenvalue weighted by Crippen LogP contribution is 2.29. The summed E-state index contributed by atoms with van der Waals surface area (Å²) in [6.07, 6.45) is 6.64. The van der Waals surface area contributed by atoms with Crippen LogP contribution in [0, 0.1) is 12.8 Å². The molecule has 4 rings (SSSR count). The van der Waals surface area contributed by atoms with Gasteiger partial charge in [-0.15, -0.1) is 0 Å². The minimum Gasteiger partial charge on any atom is -0.338 e. The molecule has 4 heteroatoms. The molecule has 2 heterocycles. The third kappa shape index (κ3) is 2.74. The van der Waals surface area contributed by atoms with Gasteiger partial charge in [0.25, 0.3) is 5.56 Å². The molecule has 1 fully saturated rings. The second-order valence-electron chi connectivity index (χ2n) is 7.33. The molecule has 0 radical (unpaired) electrons. The standard InChI is InChI=1S/C20H24N2O2/c1-13-9-16-10-15-7-8-22(20(24)14-5-3-2-4-6-14)12-17(15)11-18(16)21-19(13)23/h9-11,14H,2-8,12H2,1H3,(H,21,23). The molecular weight excluding hydrogens is 300 g/mol. The zero-order valence-corrected chi connectivity index (χ0v) is 14.2. The van der Waals surface area contributed by atoms with Crippen molar-refractivity contribution in [1.29, 1.82) is 0 Å². The van der Waals surface area contributed by atoms with Crippen molar-refractivity contribution in [3.05, 3.63) is 45.2 Å². The SMILES string of the molecule is Cc1cc2cc3c(cc2[nH]c1=O)CN(C(=O)C1CCCCC1)CC3. The van der Waals surface area contributed by atoms with E-state index < -0.39 is 0 Å². The van der Waals surface area contributed by atoms with Crippen molar-refractivity contribution in [3.8, 4) is 0 Å². The maximum atomic E-state index is 12.8. The lowest BCUT2D eigenvalue weighted by Crippen LogP contribution is -2.40. The fraction of sp³-hybridized carbons (Fsp3) is 0.500. The Morgan fingerprint density at radius 3 is 2.71 bits per heavy atom. The first-order valence-electron chi connectivity index (χ1n) is 9.06. The summed E-state index contributed by atoms with van der Waals surface area (Å²) in [5.41, 5.74) is 4.07. The molecular formula is C20H24N2O2. The molecule has 0 spiro atoms. The summed E-state index contributed by atoms with van der Waals surface area (Å²) in [6, 6.07) is 6.19. The first-order chi connectivity index (χ1) is 11.6. The predicted molar refractivity (Wildman–Crippen MR) is 95.0 cm³/mol. The second kappa shape index (κ2) is 6.08. The number of rotatable bonds is 1. The monoisotopic (exact) mass is 324 g/mol. The molecule has 1 saturated carbocycles. The van der Waals surface area contributed by atoms with Gasteiger partial charge in [0.2, 0.25) is 5.91 Å². The number of benzene rings is 1. The van der Waals surface area contributed by atoms with Crippen molar-refractivity contribution in [1.82, 2.24) is 9.88 Å². The van der Waals surface area contributed by atoms with Crippen LogP contribution < -0.4 is 5.56 Å². The molecule has 2 aliphatic rings. The highest BCUT2D eigenvalue weighted by molar-refractivity contribution is 5.82. The average molecular weight is 324 g/mol. The minimum absolute atomic E-state index is 0.0339. The number of hydrogen-bond donors (Lipinski definition) is 1. The lowest BCUT2D eigenvalue weighted by molar-refractivity contribution is -0.137. The summed E-state index contributed by atoms with van der Waals surface area (Å²) in [5, 5.41) is 1.08. The Labute approximate surface area is 141 Å². The van der Waals surface area contributed by atoms with Gasteiger partial charge in [-0.2, -0.15) is 0 Å². The summed E-state index contributed by atoms with van der Waals surface area (Å²) in [7, 11) is 0.